The Morgan fingerprint density at radius 3 is 1.39 bits per heavy atom. The number of aliphatic hydroxyl groups excluding tert-OH is 1. The molecule has 0 aliphatic heterocycles. The highest BCUT2D eigenvalue weighted by Crippen LogP contribution is 2.14. The second-order valence-corrected chi connectivity index (χ2v) is 20.2. The van der Waals surface area contributed by atoms with Crippen molar-refractivity contribution in [3.05, 3.63) is 29.8 Å². The molecule has 1 aromatic carbocycles. The zero-order chi connectivity index (χ0) is 63.1. The summed E-state index contributed by atoms with van der Waals surface area (Å²) < 4.78 is 0. The number of carboxylic acids is 2. The maximum atomic E-state index is 14.1. The lowest BCUT2D eigenvalue weighted by atomic mass is 9.98. The SMILES string of the molecule is CC(C)C[C@H](NC(=O)CNC(=O)[C@H](Cc1ccc(O)cc1)NC(=O)[C@@H](NC(=O)[C@@H](NC(=O)[C@H](CO)NC(=O)[C@H](CC(=O)O)NC(=O)CNC(=O)[C@H](CCCN=C(N)N)NC(=O)CN)C(C)C)C(C)C)C(=O)N[C@@H](CCCN=C(N)N)C(=O)O. The summed E-state index contributed by atoms with van der Waals surface area (Å²) in [5.41, 5.74) is 27.0. The molecular formula is C50H83N17O16. The van der Waals surface area contributed by atoms with Crippen molar-refractivity contribution in [1.82, 2.24) is 53.2 Å². The number of guanidine groups is 2. The molecule has 0 unspecified atom stereocenters. The lowest BCUT2D eigenvalue weighted by molar-refractivity contribution is -0.142. The van der Waals surface area contributed by atoms with Gasteiger partial charge in [0, 0.05) is 19.5 Å². The number of amides is 10. The van der Waals surface area contributed by atoms with Crippen LogP contribution in [0.5, 0.6) is 5.75 Å². The molecular weight excluding hydrogens is 1090 g/mol. The summed E-state index contributed by atoms with van der Waals surface area (Å²) in [5.74, 6) is -14.6. The number of benzene rings is 1. The quantitative estimate of drug-likeness (QED) is 0.0166. The lowest BCUT2D eigenvalue weighted by Gasteiger charge is -2.29. The number of carbonyl (C=O) groups is 12. The number of nitrogens with one attached hydrogen (secondary N) is 10. The number of nitrogens with zero attached hydrogens (tertiary/aromatic N) is 2. The van der Waals surface area contributed by atoms with Gasteiger partial charge in [0.2, 0.25) is 59.1 Å². The van der Waals surface area contributed by atoms with Crippen molar-refractivity contribution in [3.63, 3.8) is 0 Å². The standard InChI is InChI=1S/C50H83N17O16/c1-24(2)17-31(43(77)63-30(48(82)83)10-8-16-57-50(54)55)61-36(71)22-59-42(76)32(18-27-11-13-28(69)14-12-27)64-46(80)39(25(3)4)67-47(81)40(26(5)6)66-45(79)34(23-68)65-44(78)33(19-38(73)74)62-37(72)21-58-41(75)29(60-35(70)20-51)9-7-15-56-49(52)53/h11-14,24-26,29-34,39-40,68-69H,7-10,15-23,51H2,1-6H3,(H,58,75)(H,59,76)(H,60,70)(H,61,71)(H,62,72)(H,63,77)(H,64,80)(H,65,78)(H,66,79)(H,67,81)(H,73,74)(H,82,83)(H4,52,53,56)(H4,54,55,57)/t29-,30-,31-,32-,33-,34-,39-,40-/m0/s1. The smallest absolute Gasteiger partial charge is 0.326 e. The van der Waals surface area contributed by atoms with E-state index in [9.17, 15) is 78.0 Å². The van der Waals surface area contributed by atoms with Crippen LogP contribution >= 0.6 is 0 Å². The van der Waals surface area contributed by atoms with Crippen molar-refractivity contribution in [2.75, 3.05) is 39.3 Å². The van der Waals surface area contributed by atoms with E-state index in [1.807, 2.05) is 0 Å². The van der Waals surface area contributed by atoms with Crippen LogP contribution in [0.15, 0.2) is 34.3 Å². The number of carboxylic acid groups (broad SMARTS) is 2. The van der Waals surface area contributed by atoms with Crippen LogP contribution in [-0.2, 0) is 64.0 Å². The first-order valence-corrected chi connectivity index (χ1v) is 26.5. The minimum Gasteiger partial charge on any atom is -0.508 e. The molecule has 464 valence electrons. The van der Waals surface area contributed by atoms with Crippen LogP contribution in [0.3, 0.4) is 0 Å². The van der Waals surface area contributed by atoms with E-state index in [2.05, 4.69) is 63.2 Å². The lowest BCUT2D eigenvalue weighted by Crippen LogP contribution is -2.62. The monoisotopic (exact) mass is 1180 g/mol. The zero-order valence-electron chi connectivity index (χ0n) is 47.3. The number of aromatic hydroxyl groups is 1. The number of hydrogen-bond acceptors (Lipinski definition) is 17. The van der Waals surface area contributed by atoms with E-state index in [0.717, 1.165) is 0 Å². The third-order valence-electron chi connectivity index (χ3n) is 11.9. The maximum absolute atomic E-state index is 14.1. The van der Waals surface area contributed by atoms with Crippen molar-refractivity contribution < 1.29 is 78.0 Å². The van der Waals surface area contributed by atoms with Gasteiger partial charge < -0.3 is 102 Å². The van der Waals surface area contributed by atoms with Gasteiger partial charge in [0.05, 0.1) is 32.7 Å². The number of phenols is 1. The molecule has 1 aromatic rings. The number of hydrogen-bond donors (Lipinski definition) is 19. The number of nitrogens with two attached hydrogens (primary N) is 5. The number of aliphatic imine (C=N–C) groups is 2. The van der Waals surface area contributed by atoms with Gasteiger partial charge in [0.1, 0.15) is 54.1 Å². The van der Waals surface area contributed by atoms with Crippen LogP contribution in [0.4, 0.5) is 0 Å². The molecule has 1 rings (SSSR count). The van der Waals surface area contributed by atoms with Crippen LogP contribution in [0, 0.1) is 17.8 Å². The van der Waals surface area contributed by atoms with Crippen molar-refractivity contribution in [2.45, 2.75) is 135 Å². The first kappa shape index (κ1) is 72.1. The van der Waals surface area contributed by atoms with Gasteiger partial charge in [-0.05, 0) is 67.6 Å². The Morgan fingerprint density at radius 1 is 0.506 bits per heavy atom. The fourth-order valence-corrected chi connectivity index (χ4v) is 7.59. The van der Waals surface area contributed by atoms with Crippen LogP contribution in [0.2, 0.25) is 0 Å². The third kappa shape index (κ3) is 28.9. The molecule has 0 spiro atoms. The first-order valence-electron chi connectivity index (χ1n) is 26.5. The Balaban J connectivity index is 3.25. The second kappa shape index (κ2) is 37.2. The Labute approximate surface area is 479 Å². The topological polar surface area (TPSA) is 561 Å². The highest BCUT2D eigenvalue weighted by Gasteiger charge is 2.36. The Kier molecular flexibility index (Phi) is 32.3. The highest BCUT2D eigenvalue weighted by atomic mass is 16.4. The molecule has 8 atom stereocenters. The molecule has 24 N–H and O–H groups in total. The fourth-order valence-electron chi connectivity index (χ4n) is 7.59. The van der Waals surface area contributed by atoms with E-state index < -0.39 is 164 Å². The molecule has 0 saturated carbocycles. The molecule has 0 heterocycles. The van der Waals surface area contributed by atoms with Crippen LogP contribution in [-0.4, -0.2) is 191 Å². The molecule has 10 amide bonds. The van der Waals surface area contributed by atoms with E-state index in [4.69, 9.17) is 28.7 Å². The molecule has 0 bridgehead atoms. The van der Waals surface area contributed by atoms with Crippen LogP contribution in [0.1, 0.15) is 85.6 Å². The van der Waals surface area contributed by atoms with E-state index >= 15 is 0 Å². The van der Waals surface area contributed by atoms with Crippen molar-refractivity contribution in [3.8, 4) is 5.75 Å². The summed E-state index contributed by atoms with van der Waals surface area (Å²) in [6, 6.07) is -6.30. The first-order chi connectivity index (χ1) is 38.9. The van der Waals surface area contributed by atoms with Gasteiger partial charge in [-0.25, -0.2) is 4.79 Å². The van der Waals surface area contributed by atoms with Gasteiger partial charge >= 0.3 is 11.9 Å². The fraction of sp³-hybridized carbons (Fsp3) is 0.600. The largest absolute Gasteiger partial charge is 0.508 e. The maximum Gasteiger partial charge on any atom is 0.326 e. The number of phenolic OH excluding ortho intramolecular Hbond substituents is 1. The van der Waals surface area contributed by atoms with Gasteiger partial charge in [0.15, 0.2) is 11.9 Å². The normalized spacial score (nSPS) is 13.8. The van der Waals surface area contributed by atoms with E-state index in [1.54, 1.807) is 27.7 Å². The predicted molar refractivity (Wildman–Crippen MR) is 298 cm³/mol. The summed E-state index contributed by atoms with van der Waals surface area (Å²) >= 11 is 0. The Bertz CT molecular complexity index is 2450. The summed E-state index contributed by atoms with van der Waals surface area (Å²) in [6.45, 7) is 6.71. The van der Waals surface area contributed by atoms with E-state index in [0.29, 0.717) is 5.56 Å². The molecule has 0 fully saturated rings. The molecule has 0 radical (unpaired) electrons. The van der Waals surface area contributed by atoms with Crippen LogP contribution < -0.4 is 81.8 Å². The third-order valence-corrected chi connectivity index (χ3v) is 11.9. The number of carbonyl (C=O) groups excluding carboxylic acids is 10. The molecule has 33 nitrogen and oxygen atoms in total. The summed E-state index contributed by atoms with van der Waals surface area (Å²) in [4.78, 5) is 165. The van der Waals surface area contributed by atoms with E-state index in [1.165, 1.54) is 38.1 Å². The van der Waals surface area contributed by atoms with Gasteiger partial charge in [-0.3, -0.25) is 62.7 Å². The highest BCUT2D eigenvalue weighted by molar-refractivity contribution is 5.99. The Morgan fingerprint density at radius 2 is 0.928 bits per heavy atom. The van der Waals surface area contributed by atoms with Crippen molar-refractivity contribution in [2.24, 2.45) is 56.4 Å². The molecule has 0 aromatic heterocycles. The molecule has 0 aliphatic rings. The number of aliphatic hydroxyl groups is 1. The van der Waals surface area contributed by atoms with Crippen LogP contribution in [0.25, 0.3) is 0 Å². The van der Waals surface area contributed by atoms with Gasteiger partial charge in [-0.15, -0.1) is 0 Å². The average Bonchev–Trinajstić information content (AvgIpc) is 3.46. The minimum atomic E-state index is -1.89. The number of rotatable bonds is 38. The number of aliphatic carboxylic acids is 2. The average molecular weight is 1180 g/mol. The molecule has 0 aliphatic carbocycles. The van der Waals surface area contributed by atoms with Crippen molar-refractivity contribution >= 4 is 82.9 Å². The molecule has 33 heteroatoms. The van der Waals surface area contributed by atoms with E-state index in [-0.39, 0.29) is 75.2 Å². The molecule has 0 saturated heterocycles. The summed E-state index contributed by atoms with van der Waals surface area (Å²) in [5, 5.41) is 63.1. The zero-order valence-corrected chi connectivity index (χ0v) is 47.3. The molecule has 83 heavy (non-hydrogen) atoms. The Hall–Kier alpha value is -8.88. The predicted octanol–water partition coefficient (Wildman–Crippen LogP) is -6.98. The summed E-state index contributed by atoms with van der Waals surface area (Å²) in [6.07, 6.45) is -0.806. The summed E-state index contributed by atoms with van der Waals surface area (Å²) in [7, 11) is 0. The van der Waals surface area contributed by atoms with Gasteiger partial charge in [-0.1, -0.05) is 53.7 Å². The minimum absolute atomic E-state index is 0.00684. The van der Waals surface area contributed by atoms with Gasteiger partial charge in [-0.2, -0.15) is 0 Å². The second-order valence-electron chi connectivity index (χ2n) is 20.2. The van der Waals surface area contributed by atoms with Crippen molar-refractivity contribution in [1.29, 1.82) is 0 Å². The van der Waals surface area contributed by atoms with Gasteiger partial charge in [0.25, 0.3) is 0 Å².